The molecule has 0 N–H and O–H groups in total. The maximum absolute atomic E-state index is 12.3. The van der Waals surface area contributed by atoms with Gasteiger partial charge in [-0.25, -0.2) is 4.70 Å². The molecule has 0 atom stereocenters. The summed E-state index contributed by atoms with van der Waals surface area (Å²) in [6, 6.07) is 14.5. The zero-order valence-electron chi connectivity index (χ0n) is 57.5. The van der Waals surface area contributed by atoms with E-state index in [0.29, 0.717) is 0 Å². The molecule has 2 aromatic rings. The molecule has 0 amide bonds. The first-order chi connectivity index (χ1) is 41.5. The van der Waals surface area contributed by atoms with Crippen LogP contribution in [0.4, 0.5) is 0 Å². The number of nitrogens with zero attached hydrogens (tertiary/aromatic N) is 2. The van der Waals surface area contributed by atoms with Crippen LogP contribution in [0.1, 0.15) is 403 Å². The van der Waals surface area contributed by atoms with Gasteiger partial charge in [-0.2, -0.15) is 0 Å². The molecule has 2 nitrogen and oxygen atoms in total. The molecule has 0 fully saturated rings. The second-order valence-corrected chi connectivity index (χ2v) is 27.7. The Kier molecular flexibility index (Phi) is 54.2. The number of hydrogen-bond donors (Lipinski definition) is 0. The third-order valence-corrected chi connectivity index (χ3v) is 19.3. The van der Waals surface area contributed by atoms with Crippen LogP contribution in [-0.2, 0) is 40.1 Å². The Morgan fingerprint density at radius 1 is 0.310 bits per heavy atom. The Labute approximate surface area is 532 Å². The molecule has 0 spiro atoms. The van der Waals surface area contributed by atoms with Crippen molar-refractivity contribution in [3.05, 3.63) is 99.1 Å². The van der Waals surface area contributed by atoms with Crippen molar-refractivity contribution < 1.29 is 19.1 Å². The van der Waals surface area contributed by atoms with Gasteiger partial charge in [-0.3, -0.25) is 0 Å². The van der Waals surface area contributed by atoms with Crippen molar-refractivity contribution >= 4 is 11.4 Å². The van der Waals surface area contributed by atoms with Crippen LogP contribution >= 0.6 is 0 Å². The van der Waals surface area contributed by atoms with E-state index in [1.807, 2.05) is 14.4 Å². The summed E-state index contributed by atoms with van der Waals surface area (Å²) < 4.78 is 1.56. The molecule has 0 unspecified atom stereocenters. The van der Waals surface area contributed by atoms with Gasteiger partial charge in [-0.1, -0.05) is 214 Å². The van der Waals surface area contributed by atoms with Crippen molar-refractivity contribution in [1.82, 2.24) is 0 Å². The summed E-state index contributed by atoms with van der Waals surface area (Å²) in [7, 11) is 0. The minimum absolute atomic E-state index is 0.931. The van der Waals surface area contributed by atoms with E-state index >= 15 is 0 Å². The third-order valence-electron chi connectivity index (χ3n) is 17.9. The predicted octanol–water partition coefficient (Wildman–Crippen LogP) is 28.8. The average molecular weight is 1200 g/mol. The fourth-order valence-corrected chi connectivity index (χ4v) is 13.6. The number of aryl methyl sites for hydroxylation is 4. The van der Waals surface area contributed by atoms with Gasteiger partial charge in [-0.05, 0) is 111 Å². The van der Waals surface area contributed by atoms with Gasteiger partial charge >= 0.3 is 166 Å². The second kappa shape index (κ2) is 58.4. The van der Waals surface area contributed by atoms with Crippen LogP contribution in [0.5, 0.6) is 0 Å². The fraction of sp³-hybridized carbons (Fsp3) is 0.778. The molecule has 0 radical (unpaired) electrons. The van der Waals surface area contributed by atoms with E-state index < -0.39 is 0 Å². The zero-order chi connectivity index (χ0) is 60.4. The van der Waals surface area contributed by atoms with Crippen molar-refractivity contribution in [3.8, 4) is 0 Å². The van der Waals surface area contributed by atoms with Gasteiger partial charge in [0.05, 0.1) is 5.57 Å². The van der Waals surface area contributed by atoms with E-state index in [1.165, 1.54) is 353 Å². The van der Waals surface area contributed by atoms with E-state index in [-0.39, 0.29) is 0 Å². The van der Waals surface area contributed by atoms with Gasteiger partial charge < -0.3 is 5.53 Å². The first-order valence-electron chi connectivity index (χ1n) is 37.8. The number of unbranched alkanes of at least 4 members (excludes halogenated alkanes) is 43. The summed E-state index contributed by atoms with van der Waals surface area (Å²) >= 11 is 2.04. The molecule has 1 aliphatic heterocycles. The van der Waals surface area contributed by atoms with Crippen LogP contribution in [0.2, 0.25) is 10.8 Å². The standard InChI is InChI=1S/C53H84N2.2C14H29.Ni/c1-6-11-16-21-22-23-24-25-26-27-32-37-49-44-52(50-40-45(33-28-17-12-7-2)38-46(41-50)34-29-18-13-8-3)55(54)53(49)51-42-47(35-30-19-14-9-4)39-48(43-51)36-31-20-15-10-5;2*1-3-5-7-9-11-13-14-12-10-8-6-4-2;/h32,37-44H,6-31,33-36H2,1-5H3;2*1,3-14H2,2H3;. The van der Waals surface area contributed by atoms with Gasteiger partial charge in [0.25, 0.3) is 0 Å². The van der Waals surface area contributed by atoms with Crippen LogP contribution < -0.4 is 0 Å². The van der Waals surface area contributed by atoms with E-state index in [2.05, 4.69) is 103 Å². The summed E-state index contributed by atoms with van der Waals surface area (Å²) in [6.07, 6.45) is 80.3. The molecule has 3 heteroatoms. The molecule has 0 saturated heterocycles. The van der Waals surface area contributed by atoms with Gasteiger partial charge in [0.1, 0.15) is 0 Å². The molecule has 3 rings (SSSR count). The van der Waals surface area contributed by atoms with Crippen LogP contribution in [0, 0.1) is 0 Å². The van der Waals surface area contributed by atoms with Gasteiger partial charge in [0, 0.05) is 17.2 Å². The predicted molar refractivity (Wildman–Crippen MR) is 376 cm³/mol. The molecule has 0 aliphatic carbocycles. The maximum atomic E-state index is 12.3. The minimum atomic E-state index is 0.931. The van der Waals surface area contributed by atoms with Crippen molar-refractivity contribution in [3.63, 3.8) is 0 Å². The summed E-state index contributed by atoms with van der Waals surface area (Å²) in [5, 5.41) is 2.87. The molecule has 2 aromatic carbocycles. The molecule has 0 saturated carbocycles. The molecule has 0 bridgehead atoms. The van der Waals surface area contributed by atoms with Crippen molar-refractivity contribution in [2.75, 3.05) is 0 Å². The van der Waals surface area contributed by atoms with Crippen LogP contribution in [0.3, 0.4) is 0 Å². The van der Waals surface area contributed by atoms with E-state index in [1.54, 1.807) is 4.70 Å². The van der Waals surface area contributed by atoms with E-state index in [0.717, 1.165) is 54.6 Å². The Morgan fingerprint density at radius 2 is 0.571 bits per heavy atom. The third kappa shape index (κ3) is 41.8. The van der Waals surface area contributed by atoms with Crippen molar-refractivity contribution in [2.24, 2.45) is 0 Å². The number of hydrogen-bond acceptors (Lipinski definition) is 0. The Hall–Kier alpha value is -2.25. The quantitative estimate of drug-likeness (QED) is 0.0358. The summed E-state index contributed by atoms with van der Waals surface area (Å²) in [5.41, 5.74) is 23.4. The Bertz CT molecular complexity index is 1810. The first kappa shape index (κ1) is 77.8. The Morgan fingerprint density at radius 3 is 0.881 bits per heavy atom. The molecule has 1 aliphatic rings. The van der Waals surface area contributed by atoms with Gasteiger partial charge in [-0.15, -0.1) is 0 Å². The van der Waals surface area contributed by atoms with Crippen LogP contribution in [-0.4, -0.2) is 4.70 Å². The second-order valence-electron chi connectivity index (χ2n) is 26.2. The Balaban J connectivity index is 0.000000701. The monoisotopic (exact) mass is 1200 g/mol. The number of allylic oxidation sites excluding steroid dienone is 4. The van der Waals surface area contributed by atoms with Crippen molar-refractivity contribution in [1.29, 1.82) is 0 Å². The van der Waals surface area contributed by atoms with Gasteiger partial charge in [0.2, 0.25) is 11.4 Å². The average Bonchev–Trinajstić information content (AvgIpc) is 4.11. The van der Waals surface area contributed by atoms with E-state index in [4.69, 9.17) is 0 Å². The summed E-state index contributed by atoms with van der Waals surface area (Å²) in [5.74, 6) is 0. The molecule has 486 valence electrons. The molecule has 0 aromatic heterocycles. The SMILES string of the molecule is CCCCCCCCCCCC=CC1=C(c2cc(CCCCCC)cc(CCCCCC)c2)[N+](=[N-])C(c2cc(CCCCCC)cc(CCCCCC)c2)=C1.CCCCCCCCCCCCC[CH2][Ni][CH2]CCCCCCCCCCCCC. The topological polar surface area (TPSA) is 25.3 Å². The fourth-order valence-electron chi connectivity index (χ4n) is 12.4. The number of rotatable bonds is 59. The molecular formula is C81H142N2Ni. The summed E-state index contributed by atoms with van der Waals surface area (Å²) in [6.45, 7) is 16.1. The van der Waals surface area contributed by atoms with Crippen molar-refractivity contribution in [2.45, 2.75) is 406 Å². The zero-order valence-corrected chi connectivity index (χ0v) is 58.5. The smallest absolute Gasteiger partial charge is 0.0654 e. The van der Waals surface area contributed by atoms with E-state index in [9.17, 15) is 5.53 Å². The minimum Gasteiger partial charge on any atom is -0.0654 e. The summed E-state index contributed by atoms with van der Waals surface area (Å²) in [4.78, 5) is 0. The van der Waals surface area contributed by atoms with Crippen LogP contribution in [0.25, 0.3) is 16.9 Å². The molecule has 84 heavy (non-hydrogen) atoms. The molecular weight excluding hydrogens is 1060 g/mol. The number of benzene rings is 2. The first-order valence-corrected chi connectivity index (χ1v) is 39.2. The van der Waals surface area contributed by atoms with Gasteiger partial charge in [0.15, 0.2) is 0 Å². The van der Waals surface area contributed by atoms with Crippen LogP contribution in [0.15, 0.2) is 60.2 Å². The molecule has 1 heterocycles. The normalized spacial score (nSPS) is 12.6.